The lowest BCUT2D eigenvalue weighted by molar-refractivity contribution is -0.156. The summed E-state index contributed by atoms with van der Waals surface area (Å²) in [6.45, 7) is 1.56. The van der Waals surface area contributed by atoms with Gasteiger partial charge < -0.3 is 9.64 Å². The van der Waals surface area contributed by atoms with Crippen molar-refractivity contribution in [2.45, 2.75) is 51.2 Å². The third-order valence-electron chi connectivity index (χ3n) is 4.47. The Kier molecular flexibility index (Phi) is 7.17. The minimum absolute atomic E-state index is 0.206. The lowest BCUT2D eigenvalue weighted by Gasteiger charge is -2.32. The Hall–Kier alpha value is -1.69. The van der Waals surface area contributed by atoms with E-state index in [4.69, 9.17) is 4.74 Å². The van der Waals surface area contributed by atoms with E-state index in [1.165, 1.54) is 18.6 Å². The van der Waals surface area contributed by atoms with Gasteiger partial charge in [-0.3, -0.25) is 4.79 Å². The van der Waals surface area contributed by atoms with Gasteiger partial charge in [-0.2, -0.15) is 0 Å². The van der Waals surface area contributed by atoms with Crippen LogP contribution in [0.25, 0.3) is 6.08 Å². The smallest absolute Gasteiger partial charge is 0.331 e. The number of likely N-dealkylation sites (N-methyl/N-ethyl adjacent to an activating group) is 1. The molecule has 0 aliphatic heterocycles. The Morgan fingerprint density at radius 2 is 2.00 bits per heavy atom. The van der Waals surface area contributed by atoms with Crippen molar-refractivity contribution in [1.82, 2.24) is 4.90 Å². The predicted molar refractivity (Wildman–Crippen MR) is 98.3 cm³/mol. The molecular weight excluding hydrogens is 389 g/mol. The molecule has 0 radical (unpaired) electrons. The highest BCUT2D eigenvalue weighted by Crippen LogP contribution is 2.22. The van der Waals surface area contributed by atoms with Gasteiger partial charge in [0, 0.05) is 29.2 Å². The number of nitrogens with zero attached hydrogens (tertiary/aromatic N) is 1. The van der Waals surface area contributed by atoms with Crippen molar-refractivity contribution in [3.63, 3.8) is 0 Å². The molecule has 2 rings (SSSR count). The number of carbonyl (C=O) groups excluding carboxylic acids is 2. The number of halogens is 2. The highest BCUT2D eigenvalue weighted by Gasteiger charge is 2.27. The van der Waals surface area contributed by atoms with E-state index in [1.54, 1.807) is 31.0 Å². The van der Waals surface area contributed by atoms with Gasteiger partial charge in [-0.15, -0.1) is 0 Å². The predicted octanol–water partition coefficient (Wildman–Crippen LogP) is 4.32. The first-order valence-corrected chi connectivity index (χ1v) is 9.28. The van der Waals surface area contributed by atoms with Crippen LogP contribution in [-0.4, -0.2) is 36.0 Å². The van der Waals surface area contributed by atoms with E-state index in [0.29, 0.717) is 4.47 Å². The molecule has 0 spiro atoms. The summed E-state index contributed by atoms with van der Waals surface area (Å²) in [5.74, 6) is -1.31. The molecule has 1 aromatic rings. The molecule has 1 amide bonds. The van der Waals surface area contributed by atoms with Crippen LogP contribution in [0.5, 0.6) is 0 Å². The van der Waals surface area contributed by atoms with Crippen LogP contribution in [0.3, 0.4) is 0 Å². The van der Waals surface area contributed by atoms with Crippen molar-refractivity contribution in [1.29, 1.82) is 0 Å². The Labute approximate surface area is 156 Å². The van der Waals surface area contributed by atoms with Gasteiger partial charge in [0.2, 0.25) is 0 Å². The summed E-state index contributed by atoms with van der Waals surface area (Å²) in [5, 5.41) is 0. The molecule has 0 bridgehead atoms. The first-order valence-electron chi connectivity index (χ1n) is 8.49. The Morgan fingerprint density at radius 3 is 2.68 bits per heavy atom. The first-order chi connectivity index (χ1) is 11.9. The molecule has 136 valence electrons. The van der Waals surface area contributed by atoms with Crippen molar-refractivity contribution in [2.24, 2.45) is 0 Å². The second-order valence-electron chi connectivity index (χ2n) is 6.32. The summed E-state index contributed by atoms with van der Waals surface area (Å²) in [4.78, 5) is 26.0. The molecule has 1 aliphatic rings. The maximum absolute atomic E-state index is 13.6. The van der Waals surface area contributed by atoms with Gasteiger partial charge in [-0.25, -0.2) is 9.18 Å². The minimum atomic E-state index is -0.864. The molecule has 1 aromatic carbocycles. The average molecular weight is 412 g/mol. The van der Waals surface area contributed by atoms with Crippen molar-refractivity contribution in [3.8, 4) is 0 Å². The third-order valence-corrected chi connectivity index (χ3v) is 4.96. The summed E-state index contributed by atoms with van der Waals surface area (Å²) in [5.41, 5.74) is 0.268. The highest BCUT2D eigenvalue weighted by molar-refractivity contribution is 9.10. The molecule has 1 saturated carbocycles. The van der Waals surface area contributed by atoms with Crippen molar-refractivity contribution >= 4 is 33.9 Å². The van der Waals surface area contributed by atoms with Crippen molar-refractivity contribution in [3.05, 3.63) is 40.1 Å². The fourth-order valence-electron chi connectivity index (χ4n) is 3.00. The van der Waals surface area contributed by atoms with Crippen LogP contribution < -0.4 is 0 Å². The second-order valence-corrected chi connectivity index (χ2v) is 7.23. The molecule has 1 aliphatic carbocycles. The standard InChI is InChI=1S/C19H23BrFNO3/c1-13(19(24)22(2)16-6-4-3-5-7-16)25-18(23)11-8-14-12-15(20)9-10-17(14)21/h8-13,16H,3-7H2,1-2H3/b11-8+/t13-/m1/s1. The molecule has 25 heavy (non-hydrogen) atoms. The molecule has 1 fully saturated rings. The zero-order valence-corrected chi connectivity index (χ0v) is 16.1. The summed E-state index contributed by atoms with van der Waals surface area (Å²) in [6, 6.07) is 4.66. The van der Waals surface area contributed by atoms with E-state index >= 15 is 0 Å². The molecule has 4 nitrogen and oxygen atoms in total. The van der Waals surface area contributed by atoms with Gasteiger partial charge in [0.05, 0.1) is 0 Å². The van der Waals surface area contributed by atoms with Gasteiger partial charge in [0.15, 0.2) is 6.10 Å². The number of hydrogen-bond donors (Lipinski definition) is 0. The largest absolute Gasteiger partial charge is 0.449 e. The SMILES string of the molecule is C[C@@H](OC(=O)/C=C/c1cc(Br)ccc1F)C(=O)N(C)C1CCCCC1. The number of ether oxygens (including phenoxy) is 1. The lowest BCUT2D eigenvalue weighted by atomic mass is 9.94. The van der Waals surface area contributed by atoms with E-state index in [-0.39, 0.29) is 17.5 Å². The number of rotatable bonds is 5. The second kappa shape index (κ2) is 9.13. The van der Waals surface area contributed by atoms with Gasteiger partial charge >= 0.3 is 5.97 Å². The van der Waals surface area contributed by atoms with E-state index in [1.807, 2.05) is 0 Å². The third kappa shape index (κ3) is 5.66. The summed E-state index contributed by atoms with van der Waals surface area (Å²) < 4.78 is 19.5. The topological polar surface area (TPSA) is 46.6 Å². The van der Waals surface area contributed by atoms with Crippen LogP contribution in [0.2, 0.25) is 0 Å². The highest BCUT2D eigenvalue weighted by atomic mass is 79.9. The summed E-state index contributed by atoms with van der Waals surface area (Å²) >= 11 is 3.25. The summed E-state index contributed by atoms with van der Waals surface area (Å²) in [7, 11) is 1.76. The molecule has 0 heterocycles. The van der Waals surface area contributed by atoms with Gasteiger partial charge in [-0.05, 0) is 44.0 Å². The number of esters is 1. The van der Waals surface area contributed by atoms with Crippen LogP contribution in [0, 0.1) is 5.82 Å². The monoisotopic (exact) mass is 411 g/mol. The maximum atomic E-state index is 13.6. The van der Waals surface area contributed by atoms with E-state index in [0.717, 1.165) is 31.8 Å². The van der Waals surface area contributed by atoms with Crippen molar-refractivity contribution < 1.29 is 18.7 Å². The van der Waals surface area contributed by atoms with Gasteiger partial charge in [0.25, 0.3) is 5.91 Å². The molecule has 1 atom stereocenters. The zero-order valence-electron chi connectivity index (χ0n) is 14.5. The van der Waals surface area contributed by atoms with E-state index in [9.17, 15) is 14.0 Å². The summed E-state index contributed by atoms with van der Waals surface area (Å²) in [6.07, 6.45) is 7.04. The number of amides is 1. The molecule has 6 heteroatoms. The quantitative estimate of drug-likeness (QED) is 0.535. The average Bonchev–Trinajstić information content (AvgIpc) is 2.61. The van der Waals surface area contributed by atoms with Crippen LogP contribution >= 0.6 is 15.9 Å². The minimum Gasteiger partial charge on any atom is -0.449 e. The molecule has 0 unspecified atom stereocenters. The van der Waals surface area contributed by atoms with Crippen LogP contribution in [-0.2, 0) is 14.3 Å². The van der Waals surface area contributed by atoms with E-state index in [2.05, 4.69) is 15.9 Å². The fourth-order valence-corrected chi connectivity index (χ4v) is 3.38. The van der Waals surface area contributed by atoms with Gasteiger partial charge in [0.1, 0.15) is 5.82 Å². The zero-order chi connectivity index (χ0) is 18.4. The Bertz CT molecular complexity index is 656. The van der Waals surface area contributed by atoms with Crippen LogP contribution in [0.15, 0.2) is 28.7 Å². The molecule has 0 saturated heterocycles. The fraction of sp³-hybridized carbons (Fsp3) is 0.474. The molecule has 0 aromatic heterocycles. The van der Waals surface area contributed by atoms with Crippen molar-refractivity contribution in [2.75, 3.05) is 7.05 Å². The first kappa shape index (κ1) is 19.6. The number of hydrogen-bond acceptors (Lipinski definition) is 3. The molecule has 0 N–H and O–H groups in total. The Morgan fingerprint density at radius 1 is 1.32 bits per heavy atom. The normalized spacial score (nSPS) is 16.6. The number of carbonyl (C=O) groups is 2. The van der Waals surface area contributed by atoms with Gasteiger partial charge in [-0.1, -0.05) is 35.2 Å². The number of benzene rings is 1. The Balaban J connectivity index is 1.91. The van der Waals surface area contributed by atoms with E-state index < -0.39 is 17.9 Å². The maximum Gasteiger partial charge on any atom is 0.331 e. The van der Waals surface area contributed by atoms with Crippen LogP contribution in [0.1, 0.15) is 44.6 Å². The lowest BCUT2D eigenvalue weighted by Crippen LogP contribution is -2.44. The van der Waals surface area contributed by atoms with Crippen LogP contribution in [0.4, 0.5) is 4.39 Å². The molecular formula is C19H23BrFNO3.